The van der Waals surface area contributed by atoms with E-state index in [1.807, 2.05) is 59.5 Å². The van der Waals surface area contributed by atoms with Crippen LogP contribution in [0.4, 0.5) is 10.7 Å². The highest BCUT2D eigenvalue weighted by Gasteiger charge is 2.27. The van der Waals surface area contributed by atoms with Crippen molar-refractivity contribution in [1.82, 2.24) is 4.90 Å². The monoisotopic (exact) mass is 757 g/mol. The Kier molecular flexibility index (Phi) is 13.0. The number of benzene rings is 3. The number of fused-ring (bicyclic) bond motifs is 1. The average molecular weight is 759 g/mol. The van der Waals surface area contributed by atoms with Crippen molar-refractivity contribution in [2.24, 2.45) is 0 Å². The fourth-order valence-electron chi connectivity index (χ4n) is 6.47. The standard InChI is InChI=1S/C40H44BrN3O5S/c1-4-32(5-2)44(35(45)24-41)25-28-9-8-10-30(23-28)37(46)43-39-36(33-11-6-7-12-34(33)50-39)38(47)42-31-21-17-27(18-22-31)14-13-26-15-19-29(20-16-26)40(48)49-3/h8-10,15-23,32H,4-7,11-14,24-25H2,1-3H3,(H,42,47)(H,43,46). The van der Waals surface area contributed by atoms with E-state index in [0.717, 1.165) is 78.5 Å². The van der Waals surface area contributed by atoms with Gasteiger partial charge in [0.05, 0.1) is 23.6 Å². The number of halogens is 1. The van der Waals surface area contributed by atoms with Crippen molar-refractivity contribution < 1.29 is 23.9 Å². The van der Waals surface area contributed by atoms with Gasteiger partial charge in [-0.05, 0) is 110 Å². The molecule has 0 aliphatic heterocycles. The van der Waals surface area contributed by atoms with Gasteiger partial charge in [-0.2, -0.15) is 0 Å². The maximum Gasteiger partial charge on any atom is 0.337 e. The summed E-state index contributed by atoms with van der Waals surface area (Å²) < 4.78 is 4.77. The number of rotatable bonds is 14. The molecule has 0 bridgehead atoms. The minimum absolute atomic E-state index is 0.0203. The number of carbonyl (C=O) groups excluding carboxylic acids is 4. The first-order chi connectivity index (χ1) is 24.2. The van der Waals surface area contributed by atoms with E-state index in [-0.39, 0.29) is 35.1 Å². The second-order valence-corrected chi connectivity index (χ2v) is 14.2. The number of thiophene rings is 1. The summed E-state index contributed by atoms with van der Waals surface area (Å²) in [5.74, 6) is -0.852. The van der Waals surface area contributed by atoms with Crippen molar-refractivity contribution >= 4 is 61.6 Å². The number of esters is 1. The zero-order valence-electron chi connectivity index (χ0n) is 28.9. The van der Waals surface area contributed by atoms with Gasteiger partial charge in [0.1, 0.15) is 5.00 Å². The highest BCUT2D eigenvalue weighted by atomic mass is 79.9. The van der Waals surface area contributed by atoms with Crippen LogP contribution >= 0.6 is 27.3 Å². The predicted octanol–water partition coefficient (Wildman–Crippen LogP) is 8.62. The second-order valence-electron chi connectivity index (χ2n) is 12.5. The first kappa shape index (κ1) is 37.0. The third-order valence-corrected chi connectivity index (χ3v) is 11.0. The van der Waals surface area contributed by atoms with Crippen LogP contribution in [0.2, 0.25) is 0 Å². The van der Waals surface area contributed by atoms with Crippen molar-refractivity contribution in [3.8, 4) is 0 Å². The Labute approximate surface area is 306 Å². The molecule has 50 heavy (non-hydrogen) atoms. The van der Waals surface area contributed by atoms with Gasteiger partial charge in [-0.15, -0.1) is 11.3 Å². The van der Waals surface area contributed by atoms with Crippen LogP contribution in [0, 0.1) is 0 Å². The van der Waals surface area contributed by atoms with E-state index in [2.05, 4.69) is 40.4 Å². The van der Waals surface area contributed by atoms with Gasteiger partial charge >= 0.3 is 5.97 Å². The number of nitrogens with one attached hydrogen (secondary N) is 2. The molecular weight excluding hydrogens is 714 g/mol. The van der Waals surface area contributed by atoms with E-state index in [4.69, 9.17) is 4.74 Å². The molecule has 0 radical (unpaired) electrons. The molecule has 0 fully saturated rings. The molecule has 8 nitrogen and oxygen atoms in total. The van der Waals surface area contributed by atoms with E-state index in [0.29, 0.717) is 33.9 Å². The van der Waals surface area contributed by atoms with Crippen molar-refractivity contribution in [3.05, 3.63) is 117 Å². The Hall–Kier alpha value is -4.28. The van der Waals surface area contributed by atoms with Gasteiger partial charge in [0.2, 0.25) is 5.91 Å². The fraction of sp³-hybridized carbons (Fsp3) is 0.350. The molecule has 5 rings (SSSR count). The lowest BCUT2D eigenvalue weighted by Gasteiger charge is -2.30. The van der Waals surface area contributed by atoms with Gasteiger partial charge < -0.3 is 20.3 Å². The number of nitrogens with zero attached hydrogens (tertiary/aromatic N) is 1. The van der Waals surface area contributed by atoms with E-state index in [1.54, 1.807) is 18.2 Å². The van der Waals surface area contributed by atoms with Crippen LogP contribution in [0.15, 0.2) is 72.8 Å². The molecule has 0 atom stereocenters. The molecule has 0 unspecified atom stereocenters. The van der Waals surface area contributed by atoms with Crippen molar-refractivity contribution in [3.63, 3.8) is 0 Å². The maximum atomic E-state index is 13.8. The lowest BCUT2D eigenvalue weighted by atomic mass is 9.95. The molecule has 0 saturated heterocycles. The molecule has 2 N–H and O–H groups in total. The SMILES string of the molecule is CCC(CC)N(Cc1cccc(C(=O)Nc2sc3c(c2C(=O)Nc2ccc(CCc4ccc(C(=O)OC)cc4)cc2)CCCC3)c1)C(=O)CBr. The molecule has 0 saturated carbocycles. The molecule has 262 valence electrons. The summed E-state index contributed by atoms with van der Waals surface area (Å²) in [5.41, 5.74) is 6.37. The minimum atomic E-state index is -0.350. The number of methoxy groups -OCH3 is 1. The van der Waals surface area contributed by atoms with Crippen LogP contribution in [-0.2, 0) is 41.8 Å². The zero-order valence-corrected chi connectivity index (χ0v) is 31.3. The first-order valence-electron chi connectivity index (χ1n) is 17.2. The molecule has 3 amide bonds. The molecule has 4 aromatic rings. The van der Waals surface area contributed by atoms with E-state index in [1.165, 1.54) is 18.4 Å². The third kappa shape index (κ3) is 9.08. The summed E-state index contributed by atoms with van der Waals surface area (Å²) in [6.45, 7) is 4.57. The van der Waals surface area contributed by atoms with Gasteiger partial charge in [-0.25, -0.2) is 4.79 Å². The fourth-order valence-corrected chi connectivity index (χ4v) is 8.07. The molecule has 0 spiro atoms. The largest absolute Gasteiger partial charge is 0.465 e. The zero-order chi connectivity index (χ0) is 35.6. The van der Waals surface area contributed by atoms with Gasteiger partial charge in [-0.3, -0.25) is 14.4 Å². The van der Waals surface area contributed by atoms with Crippen LogP contribution in [0.5, 0.6) is 0 Å². The van der Waals surface area contributed by atoms with Crippen LogP contribution in [-0.4, -0.2) is 47.1 Å². The van der Waals surface area contributed by atoms with Crippen LogP contribution in [0.25, 0.3) is 0 Å². The number of ether oxygens (including phenoxy) is 1. The summed E-state index contributed by atoms with van der Waals surface area (Å²) in [6.07, 6.45) is 7.06. The molecule has 1 heterocycles. The topological polar surface area (TPSA) is 105 Å². The van der Waals surface area contributed by atoms with Crippen molar-refractivity contribution in [2.75, 3.05) is 23.1 Å². The highest BCUT2D eigenvalue weighted by molar-refractivity contribution is 9.09. The van der Waals surface area contributed by atoms with Gasteiger partial charge in [0.15, 0.2) is 0 Å². The maximum absolute atomic E-state index is 13.8. The molecular formula is C40H44BrN3O5S. The summed E-state index contributed by atoms with van der Waals surface area (Å²) >= 11 is 4.81. The van der Waals surface area contributed by atoms with Crippen LogP contribution in [0.3, 0.4) is 0 Å². The van der Waals surface area contributed by atoms with E-state index >= 15 is 0 Å². The Morgan fingerprint density at radius 2 is 1.48 bits per heavy atom. The van der Waals surface area contributed by atoms with Gasteiger partial charge in [0.25, 0.3) is 11.8 Å². The number of aryl methyl sites for hydroxylation is 3. The molecule has 3 aromatic carbocycles. The smallest absolute Gasteiger partial charge is 0.337 e. The Balaban J connectivity index is 1.27. The second kappa shape index (κ2) is 17.6. The summed E-state index contributed by atoms with van der Waals surface area (Å²) in [4.78, 5) is 55.0. The number of amides is 3. The highest BCUT2D eigenvalue weighted by Crippen LogP contribution is 2.39. The van der Waals surface area contributed by atoms with Crippen molar-refractivity contribution in [2.45, 2.75) is 77.8 Å². The number of carbonyl (C=O) groups is 4. The van der Waals surface area contributed by atoms with Gasteiger partial charge in [-0.1, -0.05) is 66.2 Å². The van der Waals surface area contributed by atoms with Gasteiger partial charge in [0, 0.05) is 28.7 Å². The third-order valence-electron chi connectivity index (χ3n) is 9.27. The number of alkyl halides is 1. The summed E-state index contributed by atoms with van der Waals surface area (Å²) in [6, 6.07) is 22.7. The average Bonchev–Trinajstić information content (AvgIpc) is 3.52. The Morgan fingerprint density at radius 3 is 2.12 bits per heavy atom. The summed E-state index contributed by atoms with van der Waals surface area (Å²) in [5, 5.41) is 6.95. The molecule has 1 aliphatic carbocycles. The normalized spacial score (nSPS) is 12.3. The minimum Gasteiger partial charge on any atom is -0.465 e. The van der Waals surface area contributed by atoms with Crippen LogP contribution < -0.4 is 10.6 Å². The van der Waals surface area contributed by atoms with Crippen LogP contribution in [0.1, 0.15) is 97.7 Å². The Morgan fingerprint density at radius 1 is 0.820 bits per heavy atom. The quantitative estimate of drug-likeness (QED) is 0.0991. The molecule has 1 aliphatic rings. The number of hydrogen-bond donors (Lipinski definition) is 2. The summed E-state index contributed by atoms with van der Waals surface area (Å²) in [7, 11) is 1.37. The number of anilines is 2. The number of hydrogen-bond acceptors (Lipinski definition) is 6. The van der Waals surface area contributed by atoms with E-state index < -0.39 is 0 Å². The first-order valence-corrected chi connectivity index (χ1v) is 19.2. The van der Waals surface area contributed by atoms with E-state index in [9.17, 15) is 19.2 Å². The molecule has 10 heteroatoms. The lowest BCUT2D eigenvalue weighted by Crippen LogP contribution is -2.39. The molecule has 1 aromatic heterocycles. The Bertz CT molecular complexity index is 1820. The predicted molar refractivity (Wildman–Crippen MR) is 204 cm³/mol. The van der Waals surface area contributed by atoms with Crippen molar-refractivity contribution in [1.29, 1.82) is 0 Å². The lowest BCUT2D eigenvalue weighted by molar-refractivity contribution is -0.131.